The van der Waals surface area contributed by atoms with Crippen LogP contribution in [0.15, 0.2) is 29.4 Å². The molecule has 5 heteroatoms. The van der Waals surface area contributed by atoms with Gasteiger partial charge in [0.2, 0.25) is 0 Å². The van der Waals surface area contributed by atoms with E-state index in [1.807, 2.05) is 26.0 Å². The predicted octanol–water partition coefficient (Wildman–Crippen LogP) is 3.40. The van der Waals surface area contributed by atoms with Crippen molar-refractivity contribution >= 4 is 11.7 Å². The van der Waals surface area contributed by atoms with Crippen LogP contribution in [0.1, 0.15) is 39.2 Å². The minimum Gasteiger partial charge on any atom is -0.497 e. The Morgan fingerprint density at radius 3 is 2.27 bits per heavy atom. The van der Waals surface area contributed by atoms with E-state index in [-0.39, 0.29) is 5.92 Å². The van der Waals surface area contributed by atoms with Gasteiger partial charge in [0.25, 0.3) is 0 Å². The SMILES string of the molecule is COc1ccc(/C(=N/O)[C@H]2CC[C@](C)(C(=O)O)C2(C)C)cc1. The summed E-state index contributed by atoms with van der Waals surface area (Å²) in [5, 5.41) is 22.6. The molecule has 0 heterocycles. The second kappa shape index (κ2) is 5.63. The third-order valence-electron chi connectivity index (χ3n) is 5.52. The summed E-state index contributed by atoms with van der Waals surface area (Å²) < 4.78 is 5.13. The lowest BCUT2D eigenvalue weighted by Crippen LogP contribution is -2.42. The third-order valence-corrected chi connectivity index (χ3v) is 5.52. The zero-order valence-corrected chi connectivity index (χ0v) is 13.5. The molecule has 1 saturated carbocycles. The van der Waals surface area contributed by atoms with Gasteiger partial charge in [0, 0.05) is 5.92 Å². The molecular weight excluding hydrogens is 282 g/mol. The van der Waals surface area contributed by atoms with Crippen LogP contribution in [0, 0.1) is 16.7 Å². The van der Waals surface area contributed by atoms with E-state index in [1.54, 1.807) is 26.2 Å². The quantitative estimate of drug-likeness (QED) is 0.507. The first-order valence-electron chi connectivity index (χ1n) is 7.37. The molecule has 0 amide bonds. The molecule has 0 radical (unpaired) electrons. The van der Waals surface area contributed by atoms with Crippen LogP contribution in [0.3, 0.4) is 0 Å². The number of methoxy groups -OCH3 is 1. The highest BCUT2D eigenvalue weighted by molar-refractivity contribution is 6.03. The number of carboxylic acid groups (broad SMARTS) is 1. The Labute approximate surface area is 130 Å². The Kier molecular flexibility index (Phi) is 4.18. The van der Waals surface area contributed by atoms with Gasteiger partial charge in [0.1, 0.15) is 5.75 Å². The van der Waals surface area contributed by atoms with Crippen molar-refractivity contribution in [2.75, 3.05) is 7.11 Å². The van der Waals surface area contributed by atoms with Crippen LogP contribution in [-0.2, 0) is 4.79 Å². The number of aliphatic carboxylic acids is 1. The minimum atomic E-state index is -0.833. The number of carboxylic acids is 1. The Hall–Kier alpha value is -2.04. The molecule has 0 spiro atoms. The summed E-state index contributed by atoms with van der Waals surface area (Å²) in [5.41, 5.74) is -0.0194. The molecule has 5 nitrogen and oxygen atoms in total. The fourth-order valence-corrected chi connectivity index (χ4v) is 3.45. The highest BCUT2D eigenvalue weighted by atomic mass is 16.5. The highest BCUT2D eigenvalue weighted by Gasteiger charge is 2.57. The number of nitrogens with zero attached hydrogens (tertiary/aromatic N) is 1. The number of ether oxygens (including phenoxy) is 1. The van der Waals surface area contributed by atoms with E-state index < -0.39 is 16.8 Å². The second-order valence-corrected chi connectivity index (χ2v) is 6.66. The van der Waals surface area contributed by atoms with Gasteiger partial charge in [0.05, 0.1) is 18.2 Å². The molecule has 1 aliphatic carbocycles. The number of oxime groups is 1. The van der Waals surface area contributed by atoms with Crippen molar-refractivity contribution in [3.05, 3.63) is 29.8 Å². The number of rotatable bonds is 4. The summed E-state index contributed by atoms with van der Waals surface area (Å²) in [7, 11) is 1.59. The molecule has 22 heavy (non-hydrogen) atoms. The summed E-state index contributed by atoms with van der Waals surface area (Å²) in [4.78, 5) is 11.7. The fourth-order valence-electron chi connectivity index (χ4n) is 3.45. The average Bonchev–Trinajstić information content (AvgIpc) is 2.73. The van der Waals surface area contributed by atoms with E-state index in [0.717, 1.165) is 11.3 Å². The molecule has 1 aromatic rings. The molecule has 0 unspecified atom stereocenters. The van der Waals surface area contributed by atoms with Gasteiger partial charge in [-0.15, -0.1) is 0 Å². The normalized spacial score (nSPS) is 27.6. The molecule has 1 aromatic carbocycles. The van der Waals surface area contributed by atoms with E-state index in [9.17, 15) is 15.1 Å². The van der Waals surface area contributed by atoms with Crippen molar-refractivity contribution in [2.45, 2.75) is 33.6 Å². The van der Waals surface area contributed by atoms with Gasteiger partial charge in [-0.05, 0) is 55.0 Å². The van der Waals surface area contributed by atoms with Crippen molar-refractivity contribution in [3.63, 3.8) is 0 Å². The van der Waals surface area contributed by atoms with Crippen LogP contribution in [0.4, 0.5) is 0 Å². The summed E-state index contributed by atoms with van der Waals surface area (Å²) in [6.45, 7) is 5.65. The summed E-state index contributed by atoms with van der Waals surface area (Å²) in [5.74, 6) is -0.193. The number of hydrogen-bond acceptors (Lipinski definition) is 4. The van der Waals surface area contributed by atoms with Crippen LogP contribution in [0.25, 0.3) is 0 Å². The van der Waals surface area contributed by atoms with Crippen LogP contribution in [0.2, 0.25) is 0 Å². The van der Waals surface area contributed by atoms with E-state index in [1.165, 1.54) is 0 Å². The molecule has 0 saturated heterocycles. The standard InChI is InChI=1S/C17H23NO4/c1-16(2)13(9-10-17(16,3)15(19)20)14(18-21)11-5-7-12(22-4)8-6-11/h5-8,13,21H,9-10H2,1-4H3,(H,19,20)/b18-14-/t13-,17-/m1/s1. The largest absolute Gasteiger partial charge is 0.497 e. The molecule has 2 atom stereocenters. The van der Waals surface area contributed by atoms with Gasteiger partial charge in [-0.2, -0.15) is 0 Å². The number of hydrogen-bond donors (Lipinski definition) is 2. The number of carbonyl (C=O) groups is 1. The minimum absolute atomic E-state index is 0.119. The molecule has 1 aliphatic rings. The van der Waals surface area contributed by atoms with Gasteiger partial charge >= 0.3 is 5.97 Å². The Balaban J connectivity index is 2.38. The van der Waals surface area contributed by atoms with E-state index in [2.05, 4.69) is 5.16 Å². The van der Waals surface area contributed by atoms with Gasteiger partial charge in [-0.3, -0.25) is 4.79 Å². The lowest BCUT2D eigenvalue weighted by molar-refractivity contribution is -0.153. The van der Waals surface area contributed by atoms with Gasteiger partial charge < -0.3 is 15.1 Å². The Morgan fingerprint density at radius 2 is 1.86 bits per heavy atom. The van der Waals surface area contributed by atoms with E-state index in [0.29, 0.717) is 18.6 Å². The Bertz CT molecular complexity index is 591. The van der Waals surface area contributed by atoms with Crippen molar-refractivity contribution in [1.82, 2.24) is 0 Å². The monoisotopic (exact) mass is 305 g/mol. The maximum Gasteiger partial charge on any atom is 0.309 e. The molecule has 1 fully saturated rings. The summed E-state index contributed by atoms with van der Waals surface area (Å²) in [6, 6.07) is 7.28. The zero-order valence-electron chi connectivity index (χ0n) is 13.5. The topological polar surface area (TPSA) is 79.1 Å². The molecular formula is C17H23NO4. The van der Waals surface area contributed by atoms with Crippen molar-refractivity contribution in [1.29, 1.82) is 0 Å². The lowest BCUT2D eigenvalue weighted by atomic mass is 9.64. The first kappa shape index (κ1) is 16.3. The molecule has 2 rings (SSSR count). The molecule has 120 valence electrons. The first-order chi connectivity index (χ1) is 10.3. The van der Waals surface area contributed by atoms with Gasteiger partial charge in [-0.25, -0.2) is 0 Å². The smallest absolute Gasteiger partial charge is 0.309 e. The summed E-state index contributed by atoms with van der Waals surface area (Å²) >= 11 is 0. The van der Waals surface area contributed by atoms with Crippen molar-refractivity contribution in [3.8, 4) is 5.75 Å². The molecule has 2 N–H and O–H groups in total. The first-order valence-corrected chi connectivity index (χ1v) is 7.37. The second-order valence-electron chi connectivity index (χ2n) is 6.66. The molecule has 0 aliphatic heterocycles. The van der Waals surface area contributed by atoms with Crippen molar-refractivity contribution in [2.24, 2.45) is 21.9 Å². The maximum atomic E-state index is 11.7. The predicted molar refractivity (Wildman–Crippen MR) is 83.6 cm³/mol. The fraction of sp³-hybridized carbons (Fsp3) is 0.529. The lowest BCUT2D eigenvalue weighted by Gasteiger charge is -2.38. The van der Waals surface area contributed by atoms with Crippen LogP contribution >= 0.6 is 0 Å². The van der Waals surface area contributed by atoms with Crippen LogP contribution < -0.4 is 4.74 Å². The van der Waals surface area contributed by atoms with Crippen molar-refractivity contribution < 1.29 is 19.8 Å². The van der Waals surface area contributed by atoms with E-state index in [4.69, 9.17) is 4.74 Å². The maximum absolute atomic E-state index is 11.7. The average molecular weight is 305 g/mol. The van der Waals surface area contributed by atoms with Crippen LogP contribution in [0.5, 0.6) is 5.75 Å². The third kappa shape index (κ3) is 2.34. The van der Waals surface area contributed by atoms with Gasteiger partial charge in [0.15, 0.2) is 0 Å². The Morgan fingerprint density at radius 1 is 1.27 bits per heavy atom. The molecule has 0 aromatic heterocycles. The highest BCUT2D eigenvalue weighted by Crippen LogP contribution is 2.57. The summed E-state index contributed by atoms with van der Waals surface area (Å²) in [6.07, 6.45) is 1.25. The zero-order chi connectivity index (χ0) is 16.5. The number of benzene rings is 1. The van der Waals surface area contributed by atoms with Crippen LogP contribution in [-0.4, -0.2) is 29.1 Å². The molecule has 0 bridgehead atoms. The van der Waals surface area contributed by atoms with E-state index >= 15 is 0 Å². The van der Waals surface area contributed by atoms with Gasteiger partial charge in [-0.1, -0.05) is 19.0 Å².